The number of nitrogens with one attached hydrogen (secondary N) is 1. The summed E-state index contributed by atoms with van der Waals surface area (Å²) in [6, 6.07) is 3.93. The van der Waals surface area contributed by atoms with E-state index in [4.69, 9.17) is 5.11 Å². The van der Waals surface area contributed by atoms with E-state index >= 15 is 0 Å². The first-order chi connectivity index (χ1) is 10.1. The topological polar surface area (TPSA) is 52.6 Å². The molecule has 1 aromatic heterocycles. The second-order valence-corrected chi connectivity index (χ2v) is 6.63. The molecule has 2 N–H and O–H groups in total. The zero-order chi connectivity index (χ0) is 15.2. The van der Waals surface area contributed by atoms with Crippen molar-refractivity contribution in [2.45, 2.75) is 25.8 Å². The second-order valence-electron chi connectivity index (χ2n) is 5.55. The maximum Gasteiger partial charge on any atom is 0.261 e. The highest BCUT2D eigenvalue weighted by molar-refractivity contribution is 7.14. The lowest BCUT2D eigenvalue weighted by molar-refractivity contribution is 0.0888. The van der Waals surface area contributed by atoms with Crippen molar-refractivity contribution >= 4 is 17.2 Å². The number of hydrogen-bond acceptors (Lipinski definition) is 4. The number of aliphatic hydroxyl groups is 1. The van der Waals surface area contributed by atoms with Gasteiger partial charge in [0.25, 0.3) is 5.91 Å². The number of piperidine rings is 1. The molecule has 1 aliphatic rings. The van der Waals surface area contributed by atoms with Gasteiger partial charge in [-0.15, -0.1) is 11.3 Å². The molecule has 1 amide bonds. The van der Waals surface area contributed by atoms with Crippen molar-refractivity contribution in [2.75, 3.05) is 26.7 Å². The summed E-state index contributed by atoms with van der Waals surface area (Å²) in [5.41, 5.74) is 0. The second kappa shape index (κ2) is 7.60. The minimum absolute atomic E-state index is 0.00314. The van der Waals surface area contributed by atoms with E-state index in [1.807, 2.05) is 12.1 Å². The zero-order valence-corrected chi connectivity index (χ0v) is 13.4. The molecule has 2 atom stereocenters. The Morgan fingerprint density at radius 2 is 2.38 bits per heavy atom. The smallest absolute Gasteiger partial charge is 0.261 e. The Balaban J connectivity index is 1.93. The monoisotopic (exact) mass is 306 g/mol. The number of likely N-dealkylation sites (tertiary alicyclic amines) is 1. The molecular formula is C16H22N2O2S. The highest BCUT2D eigenvalue weighted by atomic mass is 32.1. The minimum Gasteiger partial charge on any atom is -0.395 e. The van der Waals surface area contributed by atoms with E-state index in [1.165, 1.54) is 11.3 Å². The van der Waals surface area contributed by atoms with Crippen LogP contribution in [0, 0.1) is 17.8 Å². The number of amides is 1. The van der Waals surface area contributed by atoms with E-state index < -0.39 is 0 Å². The van der Waals surface area contributed by atoms with Crippen LogP contribution in [0.4, 0.5) is 0 Å². The van der Waals surface area contributed by atoms with Gasteiger partial charge in [-0.2, -0.15) is 0 Å². The Labute approximate surface area is 130 Å². The maximum atomic E-state index is 12.3. The molecule has 0 aliphatic carbocycles. The van der Waals surface area contributed by atoms with Crippen LogP contribution in [0.25, 0.3) is 0 Å². The number of carbonyl (C=O) groups is 1. The van der Waals surface area contributed by atoms with Gasteiger partial charge in [0.05, 0.1) is 16.4 Å². The summed E-state index contributed by atoms with van der Waals surface area (Å²) in [5.74, 6) is 6.30. The van der Waals surface area contributed by atoms with Gasteiger partial charge < -0.3 is 15.3 Å². The van der Waals surface area contributed by atoms with Crippen molar-refractivity contribution in [3.05, 3.63) is 21.9 Å². The Morgan fingerprint density at radius 1 is 1.57 bits per heavy atom. The largest absolute Gasteiger partial charge is 0.395 e. The van der Waals surface area contributed by atoms with Crippen LogP contribution in [-0.2, 0) is 0 Å². The predicted octanol–water partition coefficient (Wildman–Crippen LogP) is 1.55. The first-order valence-electron chi connectivity index (χ1n) is 7.29. The molecule has 1 saturated heterocycles. The van der Waals surface area contributed by atoms with E-state index in [9.17, 15) is 4.79 Å². The van der Waals surface area contributed by atoms with Crippen LogP contribution in [0.3, 0.4) is 0 Å². The summed E-state index contributed by atoms with van der Waals surface area (Å²) in [6.07, 6.45) is 1.46. The molecule has 2 rings (SSSR count). The minimum atomic E-state index is -0.00314. The number of rotatable bonds is 3. The van der Waals surface area contributed by atoms with Crippen LogP contribution in [-0.4, -0.2) is 48.7 Å². The molecule has 4 nitrogen and oxygen atoms in total. The molecule has 0 bridgehead atoms. The van der Waals surface area contributed by atoms with Gasteiger partial charge >= 0.3 is 0 Å². The molecule has 2 heterocycles. The third-order valence-corrected chi connectivity index (χ3v) is 4.70. The van der Waals surface area contributed by atoms with Crippen LogP contribution < -0.4 is 5.32 Å². The quantitative estimate of drug-likeness (QED) is 0.833. The van der Waals surface area contributed by atoms with E-state index in [0.717, 1.165) is 24.4 Å². The van der Waals surface area contributed by atoms with Crippen molar-refractivity contribution in [3.63, 3.8) is 0 Å². The Kier molecular flexibility index (Phi) is 5.80. The lowest BCUT2D eigenvalue weighted by Gasteiger charge is -2.35. The fourth-order valence-corrected chi connectivity index (χ4v) is 3.32. The number of thiophene rings is 1. The highest BCUT2D eigenvalue weighted by Gasteiger charge is 2.26. The van der Waals surface area contributed by atoms with Crippen LogP contribution in [0.2, 0.25) is 0 Å². The summed E-state index contributed by atoms with van der Waals surface area (Å²) in [4.78, 5) is 16.1. The van der Waals surface area contributed by atoms with E-state index in [2.05, 4.69) is 36.0 Å². The normalized spacial score (nSPS) is 22.4. The van der Waals surface area contributed by atoms with Crippen molar-refractivity contribution in [3.8, 4) is 11.8 Å². The van der Waals surface area contributed by atoms with Gasteiger partial charge in [0.1, 0.15) is 0 Å². The molecule has 1 aromatic rings. The third-order valence-electron chi connectivity index (χ3n) is 3.70. The maximum absolute atomic E-state index is 12.3. The van der Waals surface area contributed by atoms with Gasteiger partial charge in [-0.1, -0.05) is 18.8 Å². The molecule has 0 saturated carbocycles. The number of aliphatic hydroxyl groups excluding tert-OH is 1. The van der Waals surface area contributed by atoms with Crippen molar-refractivity contribution < 1.29 is 9.90 Å². The molecule has 1 fully saturated rings. The van der Waals surface area contributed by atoms with Crippen molar-refractivity contribution in [2.24, 2.45) is 5.92 Å². The third kappa shape index (κ3) is 4.57. The summed E-state index contributed by atoms with van der Waals surface area (Å²) >= 11 is 1.40. The SMILES string of the molecule is CC1CN(C)CCC1NC(=O)c1ccc(C#CCCO)s1. The van der Waals surface area contributed by atoms with Crippen molar-refractivity contribution in [1.29, 1.82) is 0 Å². The number of hydrogen-bond donors (Lipinski definition) is 2. The van der Waals surface area contributed by atoms with Crippen LogP contribution in [0.5, 0.6) is 0 Å². The fraction of sp³-hybridized carbons (Fsp3) is 0.562. The predicted molar refractivity (Wildman–Crippen MR) is 85.4 cm³/mol. The lowest BCUT2D eigenvalue weighted by Crippen LogP contribution is -2.48. The molecule has 21 heavy (non-hydrogen) atoms. The van der Waals surface area contributed by atoms with E-state index in [-0.39, 0.29) is 18.6 Å². The van der Waals surface area contributed by atoms with E-state index in [1.54, 1.807) is 0 Å². The molecule has 0 aromatic carbocycles. The first kappa shape index (κ1) is 16.0. The van der Waals surface area contributed by atoms with Crippen LogP contribution in [0.15, 0.2) is 12.1 Å². The summed E-state index contributed by atoms with van der Waals surface area (Å²) in [5, 5.41) is 11.8. The van der Waals surface area contributed by atoms with Crippen molar-refractivity contribution in [1.82, 2.24) is 10.2 Å². The summed E-state index contributed by atoms with van der Waals surface area (Å²) < 4.78 is 0. The Hall–Kier alpha value is -1.35. The van der Waals surface area contributed by atoms with E-state index in [0.29, 0.717) is 17.2 Å². The van der Waals surface area contributed by atoms with Gasteiger partial charge in [-0.05, 0) is 38.1 Å². The summed E-state index contributed by atoms with van der Waals surface area (Å²) in [6.45, 7) is 4.30. The van der Waals surface area contributed by atoms with Gasteiger partial charge in [-0.25, -0.2) is 0 Å². The lowest BCUT2D eigenvalue weighted by atomic mass is 9.94. The standard InChI is InChI=1S/C16H22N2O2S/c1-12-11-18(2)9-8-14(12)17-16(20)15-7-6-13(21-15)5-3-4-10-19/h6-7,12,14,19H,4,8-11H2,1-2H3,(H,17,20). The van der Waals surface area contributed by atoms with Gasteiger partial charge in [0.15, 0.2) is 0 Å². The zero-order valence-electron chi connectivity index (χ0n) is 12.6. The Bertz CT molecular complexity index is 544. The van der Waals surface area contributed by atoms with Crippen LogP contribution in [0.1, 0.15) is 34.3 Å². The molecule has 0 spiro atoms. The molecule has 5 heteroatoms. The average molecular weight is 306 g/mol. The average Bonchev–Trinajstić information content (AvgIpc) is 2.91. The molecular weight excluding hydrogens is 284 g/mol. The summed E-state index contributed by atoms with van der Waals surface area (Å²) in [7, 11) is 2.12. The number of carbonyl (C=O) groups excluding carboxylic acids is 1. The highest BCUT2D eigenvalue weighted by Crippen LogP contribution is 2.19. The first-order valence-corrected chi connectivity index (χ1v) is 8.10. The molecule has 0 radical (unpaired) electrons. The Morgan fingerprint density at radius 3 is 3.10 bits per heavy atom. The van der Waals surface area contributed by atoms with Gasteiger partial charge in [-0.3, -0.25) is 4.79 Å². The van der Waals surface area contributed by atoms with Gasteiger partial charge in [0.2, 0.25) is 0 Å². The van der Waals surface area contributed by atoms with Crippen LogP contribution >= 0.6 is 11.3 Å². The molecule has 1 aliphatic heterocycles. The fourth-order valence-electron chi connectivity index (χ4n) is 2.54. The number of nitrogens with zero attached hydrogens (tertiary/aromatic N) is 1. The van der Waals surface area contributed by atoms with Gasteiger partial charge in [0, 0.05) is 19.0 Å². The molecule has 2 unspecified atom stereocenters. The molecule has 114 valence electrons.